The Balaban J connectivity index is 1.39. The molecule has 5 heteroatoms. The van der Waals surface area contributed by atoms with Crippen LogP contribution in [0.5, 0.6) is 0 Å². The SMILES string of the molecule is CC(C)=CCCN1C[C@@H]2C(NC(=O)C(O)(c3ccccc3)C3CCC(F)C3)[C@@H]2C1. The molecule has 0 bridgehead atoms. The van der Waals surface area contributed by atoms with Crippen molar-refractivity contribution in [2.24, 2.45) is 17.8 Å². The molecule has 158 valence electrons. The maximum absolute atomic E-state index is 13.9. The summed E-state index contributed by atoms with van der Waals surface area (Å²) in [5, 5.41) is 14.7. The fraction of sp³-hybridized carbons (Fsp3) is 0.625. The normalized spacial score (nSPS) is 33.0. The zero-order valence-corrected chi connectivity index (χ0v) is 17.5. The number of nitrogens with one attached hydrogen (secondary N) is 1. The van der Waals surface area contributed by atoms with Crippen molar-refractivity contribution >= 4 is 5.91 Å². The number of aliphatic hydroxyl groups is 1. The number of hydrogen-bond acceptors (Lipinski definition) is 3. The minimum absolute atomic E-state index is 0.139. The van der Waals surface area contributed by atoms with Gasteiger partial charge in [0.1, 0.15) is 6.17 Å². The van der Waals surface area contributed by atoms with E-state index in [4.69, 9.17) is 0 Å². The standard InChI is InChI=1S/C24H33FN2O2/c1-16(2)7-6-12-27-14-20-21(15-27)22(20)26-23(28)24(29,17-8-4-3-5-9-17)18-10-11-19(25)13-18/h3-5,7-9,18-22,29H,6,10-15H2,1-2H3,(H,26,28)/t18?,19?,20-,21+,22?,24?. The first-order chi connectivity index (χ1) is 13.9. The lowest BCUT2D eigenvalue weighted by atomic mass is 9.79. The van der Waals surface area contributed by atoms with Gasteiger partial charge in [0, 0.05) is 31.6 Å². The Labute approximate surface area is 173 Å². The summed E-state index contributed by atoms with van der Waals surface area (Å²) in [5.74, 6) is 0.226. The highest BCUT2D eigenvalue weighted by Crippen LogP contribution is 2.47. The molecule has 3 aliphatic rings. The number of nitrogens with zero attached hydrogens (tertiary/aromatic N) is 1. The molecule has 2 N–H and O–H groups in total. The molecule has 0 radical (unpaired) electrons. The van der Waals surface area contributed by atoms with E-state index in [0.717, 1.165) is 26.1 Å². The highest BCUT2D eigenvalue weighted by atomic mass is 19.1. The van der Waals surface area contributed by atoms with Crippen LogP contribution in [0.25, 0.3) is 0 Å². The van der Waals surface area contributed by atoms with Crippen LogP contribution in [0.2, 0.25) is 0 Å². The van der Waals surface area contributed by atoms with Crippen LogP contribution >= 0.6 is 0 Å². The van der Waals surface area contributed by atoms with Crippen molar-refractivity contribution < 1.29 is 14.3 Å². The first-order valence-corrected chi connectivity index (χ1v) is 11.0. The minimum Gasteiger partial charge on any atom is -0.375 e. The van der Waals surface area contributed by atoms with Gasteiger partial charge in [0.05, 0.1) is 0 Å². The van der Waals surface area contributed by atoms with Gasteiger partial charge in [-0.2, -0.15) is 0 Å². The van der Waals surface area contributed by atoms with Crippen LogP contribution in [0.15, 0.2) is 42.0 Å². The number of alkyl halides is 1. The molecular formula is C24H33FN2O2. The van der Waals surface area contributed by atoms with Crippen LogP contribution in [0.3, 0.4) is 0 Å². The Kier molecular flexibility index (Phi) is 5.80. The first-order valence-electron chi connectivity index (χ1n) is 11.0. The number of carbonyl (C=O) groups is 1. The van der Waals surface area contributed by atoms with Gasteiger partial charge >= 0.3 is 0 Å². The number of amides is 1. The van der Waals surface area contributed by atoms with Crippen LogP contribution < -0.4 is 5.32 Å². The average Bonchev–Trinajstić information content (AvgIpc) is 3.05. The van der Waals surface area contributed by atoms with Gasteiger partial charge in [0.25, 0.3) is 5.91 Å². The molecule has 1 saturated heterocycles. The van der Waals surface area contributed by atoms with Gasteiger partial charge in [-0.05, 0) is 56.9 Å². The van der Waals surface area contributed by atoms with Gasteiger partial charge in [-0.1, -0.05) is 42.0 Å². The third-order valence-corrected chi connectivity index (χ3v) is 7.08. The van der Waals surface area contributed by atoms with Gasteiger partial charge in [0.2, 0.25) is 0 Å². The molecule has 1 aromatic carbocycles. The summed E-state index contributed by atoms with van der Waals surface area (Å²) in [7, 11) is 0. The summed E-state index contributed by atoms with van der Waals surface area (Å²) in [6.45, 7) is 7.32. The molecule has 1 aliphatic heterocycles. The van der Waals surface area contributed by atoms with E-state index in [2.05, 4.69) is 30.1 Å². The molecule has 0 aromatic heterocycles. The van der Waals surface area contributed by atoms with Crippen molar-refractivity contribution in [2.45, 2.75) is 57.3 Å². The fourth-order valence-electron chi connectivity index (χ4n) is 5.36. The van der Waals surface area contributed by atoms with Gasteiger partial charge < -0.3 is 15.3 Å². The van der Waals surface area contributed by atoms with Crippen molar-refractivity contribution in [1.82, 2.24) is 10.2 Å². The molecule has 0 spiro atoms. The largest absolute Gasteiger partial charge is 0.375 e. The number of likely N-dealkylation sites (tertiary alicyclic amines) is 1. The lowest BCUT2D eigenvalue weighted by Crippen LogP contribution is -2.51. The Morgan fingerprint density at radius 1 is 1.24 bits per heavy atom. The molecule has 2 aliphatic carbocycles. The number of allylic oxidation sites excluding steroid dienone is 1. The fourth-order valence-corrected chi connectivity index (χ4v) is 5.36. The number of rotatable bonds is 7. The Morgan fingerprint density at radius 3 is 2.52 bits per heavy atom. The van der Waals surface area contributed by atoms with Crippen LogP contribution in [-0.2, 0) is 10.4 Å². The van der Waals surface area contributed by atoms with E-state index in [1.54, 1.807) is 12.1 Å². The molecule has 4 rings (SSSR count). The zero-order chi connectivity index (χ0) is 20.6. The molecule has 1 aromatic rings. The Hall–Kier alpha value is -1.72. The number of fused-ring (bicyclic) bond motifs is 1. The predicted molar refractivity (Wildman–Crippen MR) is 112 cm³/mol. The molecule has 1 heterocycles. The molecule has 1 amide bonds. The second-order valence-electron chi connectivity index (χ2n) is 9.40. The van der Waals surface area contributed by atoms with Crippen molar-refractivity contribution in [3.8, 4) is 0 Å². The number of benzene rings is 1. The summed E-state index contributed by atoms with van der Waals surface area (Å²) >= 11 is 0. The second kappa shape index (κ2) is 8.19. The number of halogens is 1. The maximum Gasteiger partial charge on any atom is 0.257 e. The minimum atomic E-state index is -1.65. The predicted octanol–water partition coefficient (Wildman–Crippen LogP) is 3.42. The molecule has 4 unspecified atom stereocenters. The summed E-state index contributed by atoms with van der Waals surface area (Å²) in [6, 6.07) is 9.22. The maximum atomic E-state index is 13.9. The summed E-state index contributed by atoms with van der Waals surface area (Å²) < 4.78 is 13.9. The van der Waals surface area contributed by atoms with E-state index < -0.39 is 11.8 Å². The second-order valence-corrected chi connectivity index (χ2v) is 9.40. The topological polar surface area (TPSA) is 52.6 Å². The monoisotopic (exact) mass is 400 g/mol. The Bertz CT molecular complexity index is 751. The zero-order valence-electron chi connectivity index (χ0n) is 17.5. The molecule has 3 fully saturated rings. The summed E-state index contributed by atoms with van der Waals surface area (Å²) in [4.78, 5) is 15.7. The summed E-state index contributed by atoms with van der Waals surface area (Å²) in [6.07, 6.45) is 3.60. The molecule has 2 saturated carbocycles. The van der Waals surface area contributed by atoms with Crippen LogP contribution in [0, 0.1) is 17.8 Å². The lowest BCUT2D eigenvalue weighted by molar-refractivity contribution is -0.148. The van der Waals surface area contributed by atoms with E-state index in [1.807, 2.05) is 18.2 Å². The quantitative estimate of drug-likeness (QED) is 0.690. The number of hydrogen-bond donors (Lipinski definition) is 2. The number of piperidine rings is 1. The van der Waals surface area contributed by atoms with E-state index in [1.165, 1.54) is 5.57 Å². The van der Waals surface area contributed by atoms with E-state index >= 15 is 0 Å². The van der Waals surface area contributed by atoms with Gasteiger partial charge in [0.15, 0.2) is 5.60 Å². The molecule has 29 heavy (non-hydrogen) atoms. The smallest absolute Gasteiger partial charge is 0.257 e. The first kappa shape index (κ1) is 20.5. The highest BCUT2D eigenvalue weighted by Gasteiger charge is 2.58. The molecular weight excluding hydrogens is 367 g/mol. The third-order valence-electron chi connectivity index (χ3n) is 7.08. The van der Waals surface area contributed by atoms with Crippen molar-refractivity contribution in [3.05, 3.63) is 47.5 Å². The highest BCUT2D eigenvalue weighted by molar-refractivity contribution is 5.87. The van der Waals surface area contributed by atoms with E-state index in [-0.39, 0.29) is 24.3 Å². The van der Waals surface area contributed by atoms with Crippen LogP contribution in [-0.4, -0.2) is 47.8 Å². The van der Waals surface area contributed by atoms with Gasteiger partial charge in [-0.25, -0.2) is 4.39 Å². The van der Waals surface area contributed by atoms with Gasteiger partial charge in [-0.3, -0.25) is 4.79 Å². The average molecular weight is 401 g/mol. The summed E-state index contributed by atoms with van der Waals surface area (Å²) in [5.41, 5.74) is 0.273. The van der Waals surface area contributed by atoms with Crippen molar-refractivity contribution in [1.29, 1.82) is 0 Å². The van der Waals surface area contributed by atoms with Crippen molar-refractivity contribution in [3.63, 3.8) is 0 Å². The van der Waals surface area contributed by atoms with Crippen molar-refractivity contribution in [2.75, 3.05) is 19.6 Å². The van der Waals surface area contributed by atoms with Gasteiger partial charge in [-0.15, -0.1) is 0 Å². The number of carbonyl (C=O) groups excluding carboxylic acids is 1. The van der Waals surface area contributed by atoms with Crippen LogP contribution in [0.1, 0.15) is 45.1 Å². The lowest BCUT2D eigenvalue weighted by Gasteiger charge is -2.33. The van der Waals surface area contributed by atoms with E-state index in [9.17, 15) is 14.3 Å². The molecule has 6 atom stereocenters. The molecule has 4 nitrogen and oxygen atoms in total. The Morgan fingerprint density at radius 2 is 1.93 bits per heavy atom. The van der Waals surface area contributed by atoms with E-state index in [0.29, 0.717) is 30.2 Å². The third kappa shape index (κ3) is 4.13. The van der Waals surface area contributed by atoms with Crippen LogP contribution in [0.4, 0.5) is 4.39 Å².